The van der Waals surface area contributed by atoms with Gasteiger partial charge < -0.3 is 5.32 Å². The zero-order chi connectivity index (χ0) is 20.6. The van der Waals surface area contributed by atoms with Gasteiger partial charge in [-0.2, -0.15) is 13.2 Å². The molecule has 5 nitrogen and oxygen atoms in total. The van der Waals surface area contributed by atoms with Crippen LogP contribution in [-0.4, -0.2) is 15.5 Å². The predicted molar refractivity (Wildman–Crippen MR) is 95.5 cm³/mol. The molecule has 28 heavy (non-hydrogen) atoms. The minimum absolute atomic E-state index is 0.0476. The number of hydrogen-bond donors (Lipinski definition) is 1. The van der Waals surface area contributed by atoms with Gasteiger partial charge in [-0.05, 0) is 55.3 Å². The summed E-state index contributed by atoms with van der Waals surface area (Å²) in [4.78, 5) is 28.2. The molecular formula is C19H15F4N3O2. The maximum absolute atomic E-state index is 13.2. The highest BCUT2D eigenvalue weighted by atomic mass is 19.4. The second kappa shape index (κ2) is 7.06. The molecule has 0 spiro atoms. The van der Waals surface area contributed by atoms with E-state index in [1.165, 1.54) is 30.3 Å². The van der Waals surface area contributed by atoms with Crippen molar-refractivity contribution in [1.29, 1.82) is 0 Å². The van der Waals surface area contributed by atoms with Gasteiger partial charge in [0.05, 0.1) is 11.0 Å². The van der Waals surface area contributed by atoms with Crippen molar-refractivity contribution in [2.24, 2.45) is 0 Å². The number of aromatic nitrogens is 2. The van der Waals surface area contributed by atoms with Gasteiger partial charge in [-0.1, -0.05) is 6.07 Å². The van der Waals surface area contributed by atoms with Gasteiger partial charge in [0.2, 0.25) is 11.6 Å². The zero-order valence-corrected chi connectivity index (χ0v) is 14.9. The lowest BCUT2D eigenvalue weighted by Gasteiger charge is -2.15. The molecule has 1 N–H and O–H groups in total. The van der Waals surface area contributed by atoms with E-state index in [9.17, 15) is 27.2 Å². The molecule has 0 aliphatic heterocycles. The van der Waals surface area contributed by atoms with Gasteiger partial charge in [0, 0.05) is 5.69 Å². The maximum atomic E-state index is 13.2. The largest absolute Gasteiger partial charge is 0.438 e. The van der Waals surface area contributed by atoms with Crippen LogP contribution in [0, 0.1) is 19.7 Å². The van der Waals surface area contributed by atoms with E-state index in [2.05, 4.69) is 10.3 Å². The highest BCUT2D eigenvalue weighted by molar-refractivity contribution is 5.91. The maximum Gasteiger partial charge on any atom is 0.438 e. The average Bonchev–Trinajstić information content (AvgIpc) is 2.58. The van der Waals surface area contributed by atoms with E-state index in [0.717, 1.165) is 16.2 Å². The fourth-order valence-electron chi connectivity index (χ4n) is 2.75. The Morgan fingerprint density at radius 1 is 1.14 bits per heavy atom. The van der Waals surface area contributed by atoms with E-state index in [-0.39, 0.29) is 16.7 Å². The van der Waals surface area contributed by atoms with Crippen LogP contribution in [0.5, 0.6) is 0 Å². The Hall–Kier alpha value is -3.23. The molecular weight excluding hydrogens is 378 g/mol. The number of fused-ring (bicyclic) bond motifs is 1. The molecule has 3 rings (SSSR count). The molecule has 3 aromatic rings. The van der Waals surface area contributed by atoms with Crippen LogP contribution in [0.3, 0.4) is 0 Å². The average molecular weight is 393 g/mol. The number of aryl methyl sites for hydroxylation is 2. The van der Waals surface area contributed by atoms with Gasteiger partial charge in [0.15, 0.2) is 0 Å². The first-order chi connectivity index (χ1) is 13.1. The third-order valence-electron chi connectivity index (χ3n) is 4.24. The van der Waals surface area contributed by atoms with Crippen LogP contribution in [-0.2, 0) is 17.5 Å². The minimum atomic E-state index is -4.97. The number of carbonyl (C=O) groups excluding carboxylic acids is 1. The normalized spacial score (nSPS) is 11.6. The Balaban J connectivity index is 2.10. The van der Waals surface area contributed by atoms with Crippen LogP contribution < -0.4 is 10.9 Å². The Kier molecular flexibility index (Phi) is 4.93. The second-order valence-electron chi connectivity index (χ2n) is 6.33. The number of carbonyl (C=O) groups is 1. The van der Waals surface area contributed by atoms with Crippen LogP contribution in [0.2, 0.25) is 0 Å². The summed E-state index contributed by atoms with van der Waals surface area (Å²) >= 11 is 0. The topological polar surface area (TPSA) is 64.0 Å². The van der Waals surface area contributed by atoms with Gasteiger partial charge in [-0.15, -0.1) is 0 Å². The van der Waals surface area contributed by atoms with Gasteiger partial charge in [0.25, 0.3) is 5.56 Å². The Morgan fingerprint density at radius 3 is 2.46 bits per heavy atom. The molecule has 0 bridgehead atoms. The lowest BCUT2D eigenvalue weighted by Crippen LogP contribution is -2.34. The highest BCUT2D eigenvalue weighted by Gasteiger charge is 2.37. The Labute approximate surface area is 156 Å². The number of rotatable bonds is 3. The smallest absolute Gasteiger partial charge is 0.324 e. The molecule has 0 radical (unpaired) electrons. The van der Waals surface area contributed by atoms with Gasteiger partial charge in [-0.25, -0.2) is 9.37 Å². The minimum Gasteiger partial charge on any atom is -0.324 e. The first kappa shape index (κ1) is 19.5. The van der Waals surface area contributed by atoms with Crippen molar-refractivity contribution < 1.29 is 22.4 Å². The summed E-state index contributed by atoms with van der Waals surface area (Å²) in [6.07, 6.45) is -4.97. The summed E-state index contributed by atoms with van der Waals surface area (Å²) in [6, 6.07) is 7.96. The molecule has 146 valence electrons. The molecule has 1 amide bonds. The third kappa shape index (κ3) is 3.88. The monoisotopic (exact) mass is 393 g/mol. The van der Waals surface area contributed by atoms with E-state index in [1.54, 1.807) is 13.8 Å². The van der Waals surface area contributed by atoms with Crippen LogP contribution >= 0.6 is 0 Å². The second-order valence-corrected chi connectivity index (χ2v) is 6.33. The number of amides is 1. The van der Waals surface area contributed by atoms with Crippen molar-refractivity contribution in [3.05, 3.63) is 69.4 Å². The number of halogens is 4. The van der Waals surface area contributed by atoms with Crippen LogP contribution in [0.15, 0.2) is 41.2 Å². The lowest BCUT2D eigenvalue weighted by molar-refractivity contribution is -0.142. The van der Waals surface area contributed by atoms with E-state index in [4.69, 9.17) is 0 Å². The third-order valence-corrected chi connectivity index (χ3v) is 4.24. The molecule has 0 aliphatic rings. The first-order valence-corrected chi connectivity index (χ1v) is 8.20. The molecule has 0 saturated heterocycles. The summed E-state index contributed by atoms with van der Waals surface area (Å²) in [7, 11) is 0. The lowest BCUT2D eigenvalue weighted by atomic mass is 10.1. The molecule has 0 fully saturated rings. The van der Waals surface area contributed by atoms with Gasteiger partial charge in [0.1, 0.15) is 12.4 Å². The van der Waals surface area contributed by atoms with E-state index in [1.807, 2.05) is 0 Å². The molecule has 1 aromatic heterocycles. The molecule has 0 saturated carbocycles. The standard InChI is InChI=1S/C19H15F4N3O2/c1-10-6-14-15(7-11(10)2)26(18(28)17(25-14)19(21,22)23)9-16(27)24-13-5-3-4-12(20)8-13/h3-8H,9H2,1-2H3,(H,24,27). The van der Waals surface area contributed by atoms with E-state index < -0.39 is 35.7 Å². The van der Waals surface area contributed by atoms with Gasteiger partial charge >= 0.3 is 6.18 Å². The number of benzene rings is 2. The number of nitrogens with one attached hydrogen (secondary N) is 1. The highest BCUT2D eigenvalue weighted by Crippen LogP contribution is 2.27. The van der Waals surface area contributed by atoms with Gasteiger partial charge in [-0.3, -0.25) is 14.2 Å². The molecule has 0 atom stereocenters. The summed E-state index contributed by atoms with van der Waals surface area (Å²) in [5.41, 5.74) is -1.40. The zero-order valence-electron chi connectivity index (χ0n) is 14.9. The van der Waals surface area contributed by atoms with Crippen molar-refractivity contribution in [3.8, 4) is 0 Å². The van der Waals surface area contributed by atoms with E-state index in [0.29, 0.717) is 5.56 Å². The molecule has 0 aliphatic carbocycles. The molecule has 0 unspecified atom stereocenters. The summed E-state index contributed by atoms with van der Waals surface area (Å²) in [5, 5.41) is 2.37. The Bertz CT molecular complexity index is 1140. The van der Waals surface area contributed by atoms with Crippen molar-refractivity contribution in [2.45, 2.75) is 26.6 Å². The summed E-state index contributed by atoms with van der Waals surface area (Å²) in [5.74, 6) is -1.36. The Morgan fingerprint density at radius 2 is 1.82 bits per heavy atom. The fourth-order valence-corrected chi connectivity index (χ4v) is 2.75. The van der Waals surface area contributed by atoms with E-state index >= 15 is 0 Å². The van der Waals surface area contributed by atoms with Crippen molar-refractivity contribution >= 4 is 22.6 Å². The summed E-state index contributed by atoms with van der Waals surface area (Å²) in [6.45, 7) is 2.75. The van der Waals surface area contributed by atoms with Crippen molar-refractivity contribution in [2.75, 3.05) is 5.32 Å². The fraction of sp³-hybridized carbons (Fsp3) is 0.211. The molecule has 1 heterocycles. The number of hydrogen-bond acceptors (Lipinski definition) is 3. The SMILES string of the molecule is Cc1cc2nc(C(F)(F)F)c(=O)n(CC(=O)Nc3cccc(F)c3)c2cc1C. The summed E-state index contributed by atoms with van der Waals surface area (Å²) < 4.78 is 53.7. The molecule has 9 heteroatoms. The number of nitrogens with zero attached hydrogens (tertiary/aromatic N) is 2. The van der Waals surface area contributed by atoms with Crippen LogP contribution in [0.4, 0.5) is 23.2 Å². The van der Waals surface area contributed by atoms with Crippen LogP contribution in [0.25, 0.3) is 11.0 Å². The van der Waals surface area contributed by atoms with Crippen molar-refractivity contribution in [3.63, 3.8) is 0 Å². The first-order valence-electron chi connectivity index (χ1n) is 8.20. The molecule has 2 aromatic carbocycles. The van der Waals surface area contributed by atoms with Crippen LogP contribution in [0.1, 0.15) is 16.8 Å². The quantitative estimate of drug-likeness (QED) is 0.689. The predicted octanol–water partition coefficient (Wildman–Crippen LogP) is 3.81. The van der Waals surface area contributed by atoms with Crippen molar-refractivity contribution in [1.82, 2.24) is 9.55 Å². The number of alkyl halides is 3. The number of anilines is 1.